The largest absolute Gasteiger partial charge is 0.394 e. The fourth-order valence-corrected chi connectivity index (χ4v) is 2.66. The highest BCUT2D eigenvalue weighted by molar-refractivity contribution is 5.51. The van der Waals surface area contributed by atoms with E-state index < -0.39 is 0 Å². The van der Waals surface area contributed by atoms with Crippen LogP contribution in [0.2, 0.25) is 0 Å². The van der Waals surface area contributed by atoms with Crippen LogP contribution in [-0.2, 0) is 18.3 Å². The molecule has 0 saturated carbocycles. The summed E-state index contributed by atoms with van der Waals surface area (Å²) < 4.78 is 7.53. The van der Waals surface area contributed by atoms with E-state index >= 15 is 0 Å². The first kappa shape index (κ1) is 14.3. The molecule has 2 rings (SSSR count). The summed E-state index contributed by atoms with van der Waals surface area (Å²) in [6, 6.07) is 0.285. The third-order valence-electron chi connectivity index (χ3n) is 3.65. The molecule has 2 unspecified atom stereocenters. The third-order valence-corrected chi connectivity index (χ3v) is 3.65. The van der Waals surface area contributed by atoms with Gasteiger partial charge in [0.1, 0.15) is 5.82 Å². The van der Waals surface area contributed by atoms with Gasteiger partial charge in [-0.25, -0.2) is 0 Å². The number of ether oxygens (including phenoxy) is 1. The van der Waals surface area contributed by atoms with Crippen LogP contribution < -0.4 is 10.2 Å². The van der Waals surface area contributed by atoms with Gasteiger partial charge in [-0.15, -0.1) is 0 Å². The fourth-order valence-electron chi connectivity index (χ4n) is 2.66. The smallest absolute Gasteiger partial charge is 0.131 e. The van der Waals surface area contributed by atoms with Crippen molar-refractivity contribution in [3.05, 3.63) is 11.3 Å². The Morgan fingerprint density at radius 2 is 2.26 bits per heavy atom. The van der Waals surface area contributed by atoms with Gasteiger partial charge in [-0.2, -0.15) is 5.10 Å². The summed E-state index contributed by atoms with van der Waals surface area (Å²) in [5.74, 6) is 1.13. The minimum Gasteiger partial charge on any atom is -0.394 e. The van der Waals surface area contributed by atoms with E-state index in [1.54, 1.807) is 0 Å². The lowest BCUT2D eigenvalue weighted by molar-refractivity contribution is -0.0108. The Kier molecular flexibility index (Phi) is 4.44. The van der Waals surface area contributed by atoms with Crippen molar-refractivity contribution in [2.24, 2.45) is 7.05 Å². The maximum absolute atomic E-state index is 9.30. The Bertz CT molecular complexity index is 433. The van der Waals surface area contributed by atoms with Crippen LogP contribution in [0.5, 0.6) is 0 Å². The Hall–Kier alpha value is -1.11. The van der Waals surface area contributed by atoms with Crippen molar-refractivity contribution >= 4 is 5.82 Å². The van der Waals surface area contributed by atoms with Gasteiger partial charge in [-0.1, -0.05) is 0 Å². The Balaban J connectivity index is 2.33. The molecule has 2 heterocycles. The van der Waals surface area contributed by atoms with Gasteiger partial charge in [-0.3, -0.25) is 4.68 Å². The molecular weight excluding hydrogens is 244 g/mol. The predicted octanol–water partition coefficient (Wildman–Crippen LogP) is 0.0339. The molecule has 0 radical (unpaired) electrons. The molecule has 108 valence electrons. The highest BCUT2D eigenvalue weighted by Crippen LogP contribution is 2.27. The number of hydrogen-bond acceptors (Lipinski definition) is 5. The summed E-state index contributed by atoms with van der Waals surface area (Å²) in [6.45, 7) is 6.36. The van der Waals surface area contributed by atoms with Gasteiger partial charge in [0.15, 0.2) is 0 Å². The first-order valence-electron chi connectivity index (χ1n) is 6.74. The van der Waals surface area contributed by atoms with E-state index in [4.69, 9.17) is 4.74 Å². The van der Waals surface area contributed by atoms with E-state index in [0.29, 0.717) is 13.2 Å². The van der Waals surface area contributed by atoms with E-state index in [1.165, 1.54) is 5.56 Å². The number of aliphatic hydroxyl groups is 1. The number of aliphatic hydroxyl groups excluding tert-OH is 1. The number of nitrogens with one attached hydrogen (secondary N) is 1. The topological polar surface area (TPSA) is 62.6 Å². The number of aromatic nitrogens is 2. The third kappa shape index (κ3) is 2.75. The lowest BCUT2D eigenvalue weighted by atomic mass is 10.1. The van der Waals surface area contributed by atoms with E-state index in [-0.39, 0.29) is 18.8 Å². The molecule has 6 nitrogen and oxygen atoms in total. The predicted molar refractivity (Wildman–Crippen MR) is 74.3 cm³/mol. The molecule has 0 amide bonds. The molecule has 19 heavy (non-hydrogen) atoms. The molecule has 2 atom stereocenters. The highest BCUT2D eigenvalue weighted by atomic mass is 16.5. The van der Waals surface area contributed by atoms with Gasteiger partial charge >= 0.3 is 0 Å². The highest BCUT2D eigenvalue weighted by Gasteiger charge is 2.30. The number of morpholine rings is 1. The molecule has 1 aliphatic rings. The van der Waals surface area contributed by atoms with Crippen LogP contribution >= 0.6 is 0 Å². The van der Waals surface area contributed by atoms with Gasteiger partial charge in [0.2, 0.25) is 0 Å². The average Bonchev–Trinajstić information content (AvgIpc) is 2.66. The first-order valence-corrected chi connectivity index (χ1v) is 6.74. The van der Waals surface area contributed by atoms with Crippen molar-refractivity contribution in [2.45, 2.75) is 32.5 Å². The molecule has 1 saturated heterocycles. The van der Waals surface area contributed by atoms with Crippen LogP contribution in [0.25, 0.3) is 0 Å². The molecule has 1 aliphatic heterocycles. The summed E-state index contributed by atoms with van der Waals surface area (Å²) >= 11 is 0. The van der Waals surface area contributed by atoms with Crippen LogP contribution in [0.1, 0.15) is 18.2 Å². The van der Waals surface area contributed by atoms with Crippen LogP contribution in [0.15, 0.2) is 0 Å². The first-order chi connectivity index (χ1) is 9.08. The van der Waals surface area contributed by atoms with Crippen LogP contribution in [0.3, 0.4) is 0 Å². The molecule has 1 aromatic heterocycles. The van der Waals surface area contributed by atoms with Crippen molar-refractivity contribution in [1.29, 1.82) is 0 Å². The molecule has 1 fully saturated rings. The summed E-state index contributed by atoms with van der Waals surface area (Å²) in [5.41, 5.74) is 2.27. The lowest BCUT2D eigenvalue weighted by Gasteiger charge is -2.39. The SMILES string of the molecule is CNCc1c(C)nn(C)c1N1CC(CO)OCC1C. The van der Waals surface area contributed by atoms with Gasteiger partial charge in [0.05, 0.1) is 31.1 Å². The molecule has 0 aromatic carbocycles. The van der Waals surface area contributed by atoms with E-state index in [9.17, 15) is 5.11 Å². The zero-order valence-electron chi connectivity index (χ0n) is 12.2. The van der Waals surface area contributed by atoms with Crippen molar-refractivity contribution in [1.82, 2.24) is 15.1 Å². The zero-order valence-corrected chi connectivity index (χ0v) is 12.2. The Morgan fingerprint density at radius 3 is 2.89 bits per heavy atom. The second-order valence-electron chi connectivity index (χ2n) is 5.18. The van der Waals surface area contributed by atoms with Gasteiger partial charge < -0.3 is 20.1 Å². The van der Waals surface area contributed by atoms with Crippen molar-refractivity contribution in [3.8, 4) is 0 Å². The summed E-state index contributed by atoms with van der Waals surface area (Å²) in [6.07, 6.45) is -0.117. The number of hydrogen-bond donors (Lipinski definition) is 2. The van der Waals surface area contributed by atoms with Crippen molar-refractivity contribution in [3.63, 3.8) is 0 Å². The van der Waals surface area contributed by atoms with Crippen LogP contribution in [0.4, 0.5) is 5.82 Å². The molecule has 0 spiro atoms. The quantitative estimate of drug-likeness (QED) is 0.807. The average molecular weight is 268 g/mol. The second kappa shape index (κ2) is 5.90. The van der Waals surface area contributed by atoms with Gasteiger partial charge in [0.25, 0.3) is 0 Å². The minimum absolute atomic E-state index is 0.0570. The molecule has 2 N–H and O–H groups in total. The van der Waals surface area contributed by atoms with E-state index in [1.807, 2.05) is 25.7 Å². The molecule has 1 aromatic rings. The lowest BCUT2D eigenvalue weighted by Crippen LogP contribution is -2.50. The standard InChI is InChI=1S/C13H24N4O2/c1-9-8-19-11(7-18)6-17(9)13-12(5-14-3)10(2)15-16(13)4/h9,11,14,18H,5-8H2,1-4H3. The minimum atomic E-state index is -0.117. The van der Waals surface area contributed by atoms with Crippen molar-refractivity contribution < 1.29 is 9.84 Å². The van der Waals surface area contributed by atoms with Crippen LogP contribution in [0, 0.1) is 6.92 Å². The van der Waals surface area contributed by atoms with Gasteiger partial charge in [0, 0.05) is 25.7 Å². The van der Waals surface area contributed by atoms with Gasteiger partial charge in [-0.05, 0) is 20.9 Å². The second-order valence-corrected chi connectivity index (χ2v) is 5.18. The summed E-state index contributed by atoms with van der Waals surface area (Å²) in [7, 11) is 3.91. The van der Waals surface area contributed by atoms with Crippen molar-refractivity contribution in [2.75, 3.05) is 31.7 Å². The maximum atomic E-state index is 9.30. The monoisotopic (exact) mass is 268 g/mol. The van der Waals surface area contributed by atoms with E-state index in [2.05, 4.69) is 22.2 Å². The number of aryl methyl sites for hydroxylation is 2. The molecule has 0 aliphatic carbocycles. The van der Waals surface area contributed by atoms with E-state index in [0.717, 1.165) is 18.1 Å². The maximum Gasteiger partial charge on any atom is 0.131 e. The Morgan fingerprint density at radius 1 is 1.53 bits per heavy atom. The van der Waals surface area contributed by atoms with Crippen LogP contribution in [-0.4, -0.2) is 53.8 Å². The molecule has 6 heteroatoms. The zero-order chi connectivity index (χ0) is 14.0. The fraction of sp³-hybridized carbons (Fsp3) is 0.769. The Labute approximate surface area is 114 Å². The summed E-state index contributed by atoms with van der Waals surface area (Å²) in [5, 5.41) is 17.0. The number of nitrogens with zero attached hydrogens (tertiary/aromatic N) is 3. The molecule has 0 bridgehead atoms. The summed E-state index contributed by atoms with van der Waals surface area (Å²) in [4.78, 5) is 2.29. The number of rotatable bonds is 4. The number of anilines is 1. The normalized spacial score (nSPS) is 23.9. The molecular formula is C13H24N4O2.